The first kappa shape index (κ1) is 39.4. The van der Waals surface area contributed by atoms with Crippen LogP contribution in [0.15, 0.2) is 66.9 Å². The van der Waals surface area contributed by atoms with Gasteiger partial charge in [0.2, 0.25) is 11.8 Å². The van der Waals surface area contributed by atoms with Crippen molar-refractivity contribution in [3.8, 4) is 17.0 Å². The van der Waals surface area contributed by atoms with Crippen LogP contribution < -0.4 is 39.8 Å². The maximum Gasteiger partial charge on any atom is 1.00 e. The van der Waals surface area contributed by atoms with E-state index >= 15 is 0 Å². The summed E-state index contributed by atoms with van der Waals surface area (Å²) in [5.41, 5.74) is 9.03. The SMILES string of the molecule is COc1ccc(CN(C(=O)[C@H](Cc2c(C)cc(C(N)=O)cc2C)NC(=O)OC(C)(C)C)[C@@H](C)c2nc(-c3ccccc3)c[nH]2)cc1C(=O)[O-].[Li+]. The Kier molecular flexibility index (Phi) is 13.1. The molecule has 0 bridgehead atoms. The Morgan fingerprint density at radius 3 is 2.22 bits per heavy atom. The van der Waals surface area contributed by atoms with Crippen molar-refractivity contribution in [1.82, 2.24) is 20.2 Å². The van der Waals surface area contributed by atoms with Gasteiger partial charge in [-0.05, 0) is 88.1 Å². The zero-order chi connectivity index (χ0) is 36.0. The summed E-state index contributed by atoms with van der Waals surface area (Å²) in [5, 5.41) is 14.7. The van der Waals surface area contributed by atoms with E-state index in [4.69, 9.17) is 20.2 Å². The molecule has 0 saturated heterocycles. The molecule has 1 heterocycles. The molecule has 0 aliphatic heterocycles. The minimum Gasteiger partial charge on any atom is -0.545 e. The van der Waals surface area contributed by atoms with Crippen LogP contribution in [0, 0.1) is 13.8 Å². The van der Waals surface area contributed by atoms with E-state index in [1.54, 1.807) is 65.9 Å². The first-order chi connectivity index (χ1) is 23.1. The Labute approximate surface area is 303 Å². The summed E-state index contributed by atoms with van der Waals surface area (Å²) in [6.45, 7) is 10.5. The molecule has 4 N–H and O–H groups in total. The van der Waals surface area contributed by atoms with Gasteiger partial charge >= 0.3 is 25.0 Å². The molecule has 0 saturated carbocycles. The molecule has 258 valence electrons. The summed E-state index contributed by atoms with van der Waals surface area (Å²) >= 11 is 0. The summed E-state index contributed by atoms with van der Waals surface area (Å²) in [7, 11) is 1.35. The number of aromatic carboxylic acids is 1. The average Bonchev–Trinajstić information content (AvgIpc) is 3.54. The molecule has 50 heavy (non-hydrogen) atoms. The number of aromatic nitrogens is 2. The number of amides is 3. The van der Waals surface area contributed by atoms with Gasteiger partial charge in [0.25, 0.3) is 0 Å². The van der Waals surface area contributed by atoms with Gasteiger partial charge in [0.1, 0.15) is 23.2 Å². The van der Waals surface area contributed by atoms with E-state index in [2.05, 4.69) is 10.3 Å². The van der Waals surface area contributed by atoms with E-state index in [1.165, 1.54) is 24.1 Å². The normalized spacial score (nSPS) is 12.2. The Morgan fingerprint density at radius 1 is 1.02 bits per heavy atom. The number of nitrogens with two attached hydrogens (primary N) is 1. The van der Waals surface area contributed by atoms with Crippen molar-refractivity contribution in [2.45, 2.75) is 72.2 Å². The number of alkyl carbamates (subject to hydrolysis) is 1. The van der Waals surface area contributed by atoms with Gasteiger partial charge in [-0.2, -0.15) is 0 Å². The monoisotopic (exact) mass is 675 g/mol. The fourth-order valence-corrected chi connectivity index (χ4v) is 5.58. The predicted molar refractivity (Wildman–Crippen MR) is 182 cm³/mol. The van der Waals surface area contributed by atoms with Crippen molar-refractivity contribution in [2.75, 3.05) is 7.11 Å². The smallest absolute Gasteiger partial charge is 0.545 e. The number of imidazole rings is 1. The van der Waals surface area contributed by atoms with Crippen molar-refractivity contribution in [2.24, 2.45) is 5.73 Å². The molecule has 0 radical (unpaired) electrons. The van der Waals surface area contributed by atoms with Gasteiger partial charge in [0.15, 0.2) is 0 Å². The van der Waals surface area contributed by atoms with Gasteiger partial charge < -0.3 is 40.3 Å². The molecule has 0 aliphatic rings. The number of ether oxygens (including phenoxy) is 2. The van der Waals surface area contributed by atoms with Gasteiger partial charge in [-0.15, -0.1) is 0 Å². The number of hydrogen-bond acceptors (Lipinski definition) is 8. The number of nitrogens with one attached hydrogen (secondary N) is 2. The molecule has 0 fully saturated rings. The maximum absolute atomic E-state index is 14.8. The maximum atomic E-state index is 14.8. The molecule has 0 spiro atoms. The minimum absolute atomic E-state index is 0. The number of carbonyl (C=O) groups excluding carboxylic acids is 4. The third-order valence-electron chi connectivity index (χ3n) is 8.03. The van der Waals surface area contributed by atoms with Crippen LogP contribution in [0.1, 0.15) is 82.5 Å². The zero-order valence-electron chi connectivity index (χ0n) is 29.7. The molecule has 0 unspecified atom stereocenters. The third kappa shape index (κ3) is 9.77. The second-order valence-electron chi connectivity index (χ2n) is 12.9. The molecule has 4 aromatic rings. The molecule has 0 aliphatic carbocycles. The molecule has 4 rings (SSSR count). The Hall–Kier alpha value is -5.05. The van der Waals surface area contributed by atoms with Crippen molar-refractivity contribution in [3.05, 3.63) is 106 Å². The van der Waals surface area contributed by atoms with E-state index in [1.807, 2.05) is 30.3 Å². The molecule has 13 heteroatoms. The number of primary amides is 1. The van der Waals surface area contributed by atoms with Crippen molar-refractivity contribution in [1.29, 1.82) is 0 Å². The largest absolute Gasteiger partial charge is 1.00 e. The number of aryl methyl sites for hydroxylation is 2. The number of nitrogens with zero attached hydrogens (tertiary/aromatic N) is 2. The number of hydrogen-bond donors (Lipinski definition) is 3. The third-order valence-corrected chi connectivity index (χ3v) is 8.03. The molecular weight excluding hydrogens is 633 g/mol. The van der Waals surface area contributed by atoms with E-state index in [9.17, 15) is 24.3 Å². The second kappa shape index (κ2) is 16.6. The van der Waals surface area contributed by atoms with E-state index in [0.29, 0.717) is 33.8 Å². The standard InChI is InChI=1S/C37H43N5O7.Li/c1-21-15-26(32(38)43)16-22(2)27(21)18-29(41-36(47)49-37(4,5)6)34(44)42(20-24-13-14-31(48-7)28(17-24)35(45)46)23(3)33-39-19-30(40-33)25-11-9-8-10-12-25;/h8-17,19,23,29H,18,20H2,1-7H3,(H2,38,43)(H,39,40)(H,41,47)(H,45,46);/q;+1/p-1/t23-,29-;/m0./s1. The number of rotatable bonds is 12. The molecular formula is C37H42LiN5O7. The number of methoxy groups -OCH3 is 1. The summed E-state index contributed by atoms with van der Waals surface area (Å²) in [4.78, 5) is 61.3. The first-order valence-corrected chi connectivity index (χ1v) is 15.8. The van der Waals surface area contributed by atoms with Crippen LogP contribution in [0.5, 0.6) is 5.75 Å². The van der Waals surface area contributed by atoms with Crippen molar-refractivity contribution >= 4 is 23.9 Å². The Balaban J connectivity index is 0.00000676. The quantitative estimate of drug-likeness (QED) is 0.189. The summed E-state index contributed by atoms with van der Waals surface area (Å²) in [6, 6.07) is 15.5. The molecule has 3 amide bonds. The van der Waals surface area contributed by atoms with E-state index in [0.717, 1.165) is 11.1 Å². The first-order valence-electron chi connectivity index (χ1n) is 15.8. The topological polar surface area (TPSA) is 180 Å². The van der Waals surface area contributed by atoms with Gasteiger partial charge in [0.05, 0.1) is 24.8 Å². The molecule has 1 aromatic heterocycles. The summed E-state index contributed by atoms with van der Waals surface area (Å²) < 4.78 is 10.7. The number of benzene rings is 3. The summed E-state index contributed by atoms with van der Waals surface area (Å²) in [5.74, 6) is -1.92. The van der Waals surface area contributed by atoms with E-state index in [-0.39, 0.29) is 43.1 Å². The predicted octanol–water partition coefficient (Wildman–Crippen LogP) is 1.39. The van der Waals surface area contributed by atoms with Gasteiger partial charge in [-0.1, -0.05) is 36.4 Å². The number of carboxylic acid groups (broad SMARTS) is 1. The molecule has 12 nitrogen and oxygen atoms in total. The zero-order valence-corrected chi connectivity index (χ0v) is 29.7. The molecule has 2 atom stereocenters. The van der Waals surface area contributed by atoms with Gasteiger partial charge in [0, 0.05) is 35.9 Å². The van der Waals surface area contributed by atoms with Crippen LogP contribution in [0.25, 0.3) is 11.3 Å². The fraction of sp³-hybridized carbons (Fsp3) is 0.324. The van der Waals surface area contributed by atoms with Crippen LogP contribution in [0.3, 0.4) is 0 Å². The summed E-state index contributed by atoms with van der Waals surface area (Å²) in [6.07, 6.45) is 1.00. The van der Waals surface area contributed by atoms with Crippen molar-refractivity contribution < 1.29 is 52.6 Å². The number of H-pyrrole nitrogens is 1. The fourth-order valence-electron chi connectivity index (χ4n) is 5.58. The number of carboxylic acids is 1. The van der Waals surface area contributed by atoms with Crippen LogP contribution in [0.4, 0.5) is 4.79 Å². The number of aromatic amines is 1. The van der Waals surface area contributed by atoms with Crippen molar-refractivity contribution in [3.63, 3.8) is 0 Å². The van der Waals surface area contributed by atoms with Crippen LogP contribution in [-0.2, 0) is 22.5 Å². The minimum atomic E-state index is -1.43. The Bertz CT molecular complexity index is 1830. The van der Waals surface area contributed by atoms with Gasteiger partial charge in [-0.3, -0.25) is 9.59 Å². The van der Waals surface area contributed by atoms with Crippen LogP contribution in [0.2, 0.25) is 0 Å². The van der Waals surface area contributed by atoms with Crippen LogP contribution >= 0.6 is 0 Å². The number of carbonyl (C=O) groups is 4. The molecule has 3 aromatic carbocycles. The van der Waals surface area contributed by atoms with E-state index < -0.39 is 41.6 Å². The van der Waals surface area contributed by atoms with Crippen LogP contribution in [-0.4, -0.2) is 57.5 Å². The average molecular weight is 676 g/mol. The second-order valence-corrected chi connectivity index (χ2v) is 12.9. The van der Waals surface area contributed by atoms with Gasteiger partial charge in [-0.25, -0.2) is 9.78 Å². The Morgan fingerprint density at radius 2 is 1.66 bits per heavy atom.